The molecule has 0 spiro atoms. The normalized spacial score (nSPS) is 21.6. The SMILES string of the molecule is CCN(CC)C(=O)CC(C)NCC1(O)CCCc2ccccc21. The van der Waals surface area contributed by atoms with Gasteiger partial charge in [-0.15, -0.1) is 0 Å². The lowest BCUT2D eigenvalue weighted by atomic mass is 9.79. The van der Waals surface area contributed by atoms with Crippen molar-refractivity contribution >= 4 is 5.91 Å². The number of aryl methyl sites for hydroxylation is 1. The molecule has 0 saturated heterocycles. The molecule has 1 amide bonds. The highest BCUT2D eigenvalue weighted by Crippen LogP contribution is 2.34. The van der Waals surface area contributed by atoms with Crippen LogP contribution in [0.3, 0.4) is 0 Å². The second-order valence-electron chi connectivity index (χ2n) is 6.59. The van der Waals surface area contributed by atoms with Crippen LogP contribution in [0.5, 0.6) is 0 Å². The van der Waals surface area contributed by atoms with Gasteiger partial charge in [0.15, 0.2) is 0 Å². The van der Waals surface area contributed by atoms with E-state index < -0.39 is 5.60 Å². The Bertz CT molecular complexity index is 528. The van der Waals surface area contributed by atoms with E-state index in [1.807, 2.05) is 43.9 Å². The van der Waals surface area contributed by atoms with Crippen molar-refractivity contribution in [2.75, 3.05) is 19.6 Å². The average Bonchev–Trinajstić information content (AvgIpc) is 2.55. The number of aliphatic hydroxyl groups is 1. The predicted octanol–water partition coefficient (Wildman–Crippen LogP) is 2.45. The van der Waals surface area contributed by atoms with Gasteiger partial charge in [0, 0.05) is 32.1 Å². The van der Waals surface area contributed by atoms with Gasteiger partial charge in [-0.3, -0.25) is 4.79 Å². The molecule has 2 unspecified atom stereocenters. The summed E-state index contributed by atoms with van der Waals surface area (Å²) in [6.07, 6.45) is 3.28. The van der Waals surface area contributed by atoms with E-state index >= 15 is 0 Å². The van der Waals surface area contributed by atoms with Crippen LogP contribution >= 0.6 is 0 Å². The first kappa shape index (κ1) is 18.0. The lowest BCUT2D eigenvalue weighted by molar-refractivity contribution is -0.131. The summed E-state index contributed by atoms with van der Waals surface area (Å²) in [5.74, 6) is 0.172. The fraction of sp³-hybridized carbons (Fsp3) is 0.632. The highest BCUT2D eigenvalue weighted by molar-refractivity contribution is 5.76. The molecule has 0 fully saturated rings. The maximum Gasteiger partial charge on any atom is 0.224 e. The van der Waals surface area contributed by atoms with Crippen molar-refractivity contribution in [1.82, 2.24) is 10.2 Å². The maximum atomic E-state index is 12.2. The van der Waals surface area contributed by atoms with Gasteiger partial charge in [-0.1, -0.05) is 24.3 Å². The van der Waals surface area contributed by atoms with Crippen LogP contribution in [-0.4, -0.2) is 41.6 Å². The van der Waals surface area contributed by atoms with Gasteiger partial charge in [0.05, 0.1) is 0 Å². The van der Waals surface area contributed by atoms with Crippen LogP contribution in [0.25, 0.3) is 0 Å². The fourth-order valence-corrected chi connectivity index (χ4v) is 3.46. The Labute approximate surface area is 139 Å². The van der Waals surface area contributed by atoms with Crippen molar-refractivity contribution in [2.45, 2.75) is 58.1 Å². The number of carbonyl (C=O) groups excluding carboxylic acids is 1. The second kappa shape index (κ2) is 7.93. The first-order chi connectivity index (χ1) is 11.0. The number of rotatable bonds is 7. The molecule has 128 valence electrons. The van der Waals surface area contributed by atoms with Crippen LogP contribution < -0.4 is 5.32 Å². The number of nitrogens with zero attached hydrogens (tertiary/aromatic N) is 1. The van der Waals surface area contributed by atoms with E-state index in [1.54, 1.807) is 0 Å². The summed E-state index contributed by atoms with van der Waals surface area (Å²) in [5.41, 5.74) is 1.47. The molecule has 0 aromatic heterocycles. The second-order valence-corrected chi connectivity index (χ2v) is 6.59. The summed E-state index contributed by atoms with van der Waals surface area (Å²) in [5, 5.41) is 14.4. The predicted molar refractivity (Wildman–Crippen MR) is 93.3 cm³/mol. The third-order valence-electron chi connectivity index (χ3n) is 4.90. The minimum absolute atomic E-state index is 0.0567. The lowest BCUT2D eigenvalue weighted by Crippen LogP contribution is -2.45. The van der Waals surface area contributed by atoms with Crippen molar-refractivity contribution in [3.63, 3.8) is 0 Å². The highest BCUT2D eigenvalue weighted by Gasteiger charge is 2.34. The fourth-order valence-electron chi connectivity index (χ4n) is 3.46. The van der Waals surface area contributed by atoms with E-state index in [1.165, 1.54) is 5.56 Å². The Balaban J connectivity index is 1.94. The number of amides is 1. The molecule has 0 saturated carbocycles. The zero-order valence-corrected chi connectivity index (χ0v) is 14.6. The monoisotopic (exact) mass is 318 g/mol. The molecule has 4 nitrogen and oxygen atoms in total. The quantitative estimate of drug-likeness (QED) is 0.812. The Morgan fingerprint density at radius 3 is 2.74 bits per heavy atom. The number of nitrogens with one attached hydrogen (secondary N) is 1. The van der Waals surface area contributed by atoms with Gasteiger partial charge in [0.1, 0.15) is 5.60 Å². The molecular weight excluding hydrogens is 288 g/mol. The van der Waals surface area contributed by atoms with E-state index in [2.05, 4.69) is 11.4 Å². The van der Waals surface area contributed by atoms with Crippen molar-refractivity contribution in [3.05, 3.63) is 35.4 Å². The van der Waals surface area contributed by atoms with Crippen LogP contribution in [0.4, 0.5) is 0 Å². The first-order valence-electron chi connectivity index (χ1n) is 8.82. The van der Waals surface area contributed by atoms with Gasteiger partial charge in [-0.25, -0.2) is 0 Å². The third-order valence-corrected chi connectivity index (χ3v) is 4.90. The highest BCUT2D eigenvalue weighted by atomic mass is 16.3. The molecule has 2 N–H and O–H groups in total. The largest absolute Gasteiger partial charge is 0.384 e. The molecule has 0 aliphatic heterocycles. The molecule has 4 heteroatoms. The zero-order valence-electron chi connectivity index (χ0n) is 14.6. The first-order valence-corrected chi connectivity index (χ1v) is 8.82. The van der Waals surface area contributed by atoms with Gasteiger partial charge in [0.2, 0.25) is 5.91 Å². The van der Waals surface area contributed by atoms with E-state index in [0.717, 1.165) is 37.9 Å². The van der Waals surface area contributed by atoms with Crippen molar-refractivity contribution in [1.29, 1.82) is 0 Å². The summed E-state index contributed by atoms with van der Waals surface area (Å²) in [6.45, 7) is 8.01. The number of hydrogen-bond donors (Lipinski definition) is 2. The molecule has 1 aliphatic rings. The van der Waals surface area contributed by atoms with Crippen LogP contribution in [0.15, 0.2) is 24.3 Å². The van der Waals surface area contributed by atoms with Crippen LogP contribution in [0.1, 0.15) is 51.2 Å². The maximum absolute atomic E-state index is 12.2. The lowest BCUT2D eigenvalue weighted by Gasteiger charge is -2.35. The molecule has 1 aliphatic carbocycles. The number of carbonyl (C=O) groups is 1. The summed E-state index contributed by atoms with van der Waals surface area (Å²) in [7, 11) is 0. The molecule has 1 aromatic rings. The topological polar surface area (TPSA) is 52.6 Å². The molecule has 1 aromatic carbocycles. The Kier molecular flexibility index (Phi) is 6.19. The standard InChI is InChI=1S/C19H30N2O2/c1-4-21(5-2)18(22)13-15(3)20-14-19(23)12-8-10-16-9-6-7-11-17(16)19/h6-7,9,11,15,20,23H,4-5,8,10,12-14H2,1-3H3. The average molecular weight is 318 g/mol. The van der Waals surface area contributed by atoms with Crippen LogP contribution in [0.2, 0.25) is 0 Å². The van der Waals surface area contributed by atoms with Crippen molar-refractivity contribution in [3.8, 4) is 0 Å². The van der Waals surface area contributed by atoms with Gasteiger partial charge in [-0.05, 0) is 51.2 Å². The molecule has 2 atom stereocenters. The Morgan fingerprint density at radius 1 is 1.35 bits per heavy atom. The van der Waals surface area contributed by atoms with E-state index in [0.29, 0.717) is 13.0 Å². The summed E-state index contributed by atoms with van der Waals surface area (Å²) in [4.78, 5) is 14.0. The number of benzene rings is 1. The molecular formula is C19H30N2O2. The van der Waals surface area contributed by atoms with Gasteiger partial charge in [0.25, 0.3) is 0 Å². The minimum atomic E-state index is -0.818. The Morgan fingerprint density at radius 2 is 2.04 bits per heavy atom. The minimum Gasteiger partial charge on any atom is -0.384 e. The Hall–Kier alpha value is -1.39. The summed E-state index contributed by atoms with van der Waals surface area (Å²) >= 11 is 0. The molecule has 23 heavy (non-hydrogen) atoms. The van der Waals surface area contributed by atoms with Crippen LogP contribution in [-0.2, 0) is 16.8 Å². The van der Waals surface area contributed by atoms with Crippen LogP contribution in [0, 0.1) is 0 Å². The van der Waals surface area contributed by atoms with Crippen molar-refractivity contribution in [2.24, 2.45) is 0 Å². The number of fused-ring (bicyclic) bond motifs is 1. The zero-order chi connectivity index (χ0) is 16.9. The number of hydrogen-bond acceptors (Lipinski definition) is 3. The smallest absolute Gasteiger partial charge is 0.224 e. The summed E-state index contributed by atoms with van der Waals surface area (Å²) < 4.78 is 0. The molecule has 2 rings (SSSR count). The summed E-state index contributed by atoms with van der Waals surface area (Å²) in [6, 6.07) is 8.21. The van der Waals surface area contributed by atoms with E-state index in [-0.39, 0.29) is 11.9 Å². The van der Waals surface area contributed by atoms with E-state index in [9.17, 15) is 9.90 Å². The van der Waals surface area contributed by atoms with E-state index in [4.69, 9.17) is 0 Å². The van der Waals surface area contributed by atoms with Gasteiger partial charge < -0.3 is 15.3 Å². The van der Waals surface area contributed by atoms with Crippen molar-refractivity contribution < 1.29 is 9.90 Å². The molecule has 0 heterocycles. The third kappa shape index (κ3) is 4.33. The van der Waals surface area contributed by atoms with Gasteiger partial charge >= 0.3 is 0 Å². The molecule has 0 radical (unpaired) electrons. The van der Waals surface area contributed by atoms with Gasteiger partial charge in [-0.2, -0.15) is 0 Å². The molecule has 0 bridgehead atoms.